The first-order valence-corrected chi connectivity index (χ1v) is 5.20. The lowest BCUT2D eigenvalue weighted by Gasteiger charge is -2.34. The Bertz CT molecular complexity index is 261. The molecule has 4 heteroatoms. The molecule has 0 aromatic heterocycles. The molecule has 4 nitrogen and oxygen atoms in total. The molecule has 0 unspecified atom stereocenters. The van der Waals surface area contributed by atoms with E-state index < -0.39 is 5.41 Å². The lowest BCUT2D eigenvalue weighted by atomic mass is 9.71. The van der Waals surface area contributed by atoms with Gasteiger partial charge in [0.15, 0.2) is 0 Å². The highest BCUT2D eigenvalue weighted by Crippen LogP contribution is 2.40. The molecule has 1 aliphatic rings. The molecule has 1 aliphatic carbocycles. The fourth-order valence-corrected chi connectivity index (χ4v) is 2.29. The van der Waals surface area contributed by atoms with E-state index in [0.29, 0.717) is 6.42 Å². The molecule has 0 aliphatic heterocycles. The van der Waals surface area contributed by atoms with Crippen LogP contribution < -0.4 is 0 Å². The molecule has 0 aromatic carbocycles. The molecular weight excluding hydrogens is 196 g/mol. The maximum Gasteiger partial charge on any atom is 0.311 e. The molecule has 2 atom stereocenters. The summed E-state index contributed by atoms with van der Waals surface area (Å²) in [4.78, 5) is 23.0. The minimum absolute atomic E-state index is 0.159. The summed E-state index contributed by atoms with van der Waals surface area (Å²) in [5.41, 5.74) is -0.522. The molecule has 0 N–H and O–H groups in total. The van der Waals surface area contributed by atoms with E-state index in [2.05, 4.69) is 0 Å². The minimum atomic E-state index is -0.522. The monoisotopic (exact) mass is 214 g/mol. The zero-order valence-electron chi connectivity index (χ0n) is 9.54. The van der Waals surface area contributed by atoms with Gasteiger partial charge in [-0.3, -0.25) is 9.59 Å². The van der Waals surface area contributed by atoms with Gasteiger partial charge in [0.2, 0.25) is 0 Å². The lowest BCUT2D eigenvalue weighted by Crippen LogP contribution is -2.37. The van der Waals surface area contributed by atoms with Crippen LogP contribution in [0.2, 0.25) is 0 Å². The van der Waals surface area contributed by atoms with E-state index in [1.165, 1.54) is 14.2 Å². The number of esters is 2. The standard InChI is InChI=1S/C11H18O4/c1-11(10(13)15-3)6-4-5-8(7-11)9(12)14-2/h8H,4-7H2,1-3H3/t8-,11+/m0/s1. The van der Waals surface area contributed by atoms with Crippen LogP contribution in [0.1, 0.15) is 32.6 Å². The fraction of sp³-hybridized carbons (Fsp3) is 0.818. The molecule has 1 rings (SSSR count). The number of ether oxygens (including phenoxy) is 2. The topological polar surface area (TPSA) is 52.6 Å². The Labute approximate surface area is 89.9 Å². The van der Waals surface area contributed by atoms with Crippen LogP contribution in [0.15, 0.2) is 0 Å². The normalized spacial score (nSPS) is 30.7. The molecule has 0 amide bonds. The Hall–Kier alpha value is -1.06. The second-order valence-corrected chi connectivity index (χ2v) is 4.37. The molecule has 86 valence electrons. The number of carbonyl (C=O) groups is 2. The van der Waals surface area contributed by atoms with Crippen LogP contribution in [0, 0.1) is 11.3 Å². The molecule has 15 heavy (non-hydrogen) atoms. The predicted molar refractivity (Wildman–Crippen MR) is 54.1 cm³/mol. The van der Waals surface area contributed by atoms with Crippen molar-refractivity contribution in [3.05, 3.63) is 0 Å². The van der Waals surface area contributed by atoms with Gasteiger partial charge in [-0.2, -0.15) is 0 Å². The van der Waals surface area contributed by atoms with Crippen molar-refractivity contribution in [3.63, 3.8) is 0 Å². The summed E-state index contributed by atoms with van der Waals surface area (Å²) in [5, 5.41) is 0. The van der Waals surface area contributed by atoms with E-state index in [0.717, 1.165) is 19.3 Å². The number of hydrogen-bond donors (Lipinski definition) is 0. The highest BCUT2D eigenvalue weighted by atomic mass is 16.5. The van der Waals surface area contributed by atoms with Crippen LogP contribution in [0.4, 0.5) is 0 Å². The van der Waals surface area contributed by atoms with E-state index in [9.17, 15) is 9.59 Å². The summed E-state index contributed by atoms with van der Waals surface area (Å²) in [6.45, 7) is 1.86. The first-order valence-electron chi connectivity index (χ1n) is 5.20. The highest BCUT2D eigenvalue weighted by molar-refractivity contribution is 5.79. The molecule has 1 saturated carbocycles. The molecule has 1 fully saturated rings. The fourth-order valence-electron chi connectivity index (χ4n) is 2.29. The Balaban J connectivity index is 2.70. The average Bonchev–Trinajstić information content (AvgIpc) is 2.26. The number of methoxy groups -OCH3 is 2. The summed E-state index contributed by atoms with van der Waals surface area (Å²) in [6, 6.07) is 0. The van der Waals surface area contributed by atoms with Crippen LogP contribution >= 0.6 is 0 Å². The molecule has 0 radical (unpaired) electrons. The number of carbonyl (C=O) groups excluding carboxylic acids is 2. The van der Waals surface area contributed by atoms with Gasteiger partial charge in [-0.25, -0.2) is 0 Å². The third-order valence-corrected chi connectivity index (χ3v) is 3.19. The molecule has 0 aromatic rings. The summed E-state index contributed by atoms with van der Waals surface area (Å²) in [7, 11) is 2.77. The molecule has 0 saturated heterocycles. The van der Waals surface area contributed by atoms with Crippen molar-refractivity contribution >= 4 is 11.9 Å². The Morgan fingerprint density at radius 3 is 2.47 bits per heavy atom. The molecule has 0 heterocycles. The van der Waals surface area contributed by atoms with E-state index in [1.54, 1.807) is 0 Å². The predicted octanol–water partition coefficient (Wildman–Crippen LogP) is 1.53. The first kappa shape index (κ1) is 12.0. The van der Waals surface area contributed by atoms with Gasteiger partial charge in [0.1, 0.15) is 0 Å². The third kappa shape index (κ3) is 2.49. The average molecular weight is 214 g/mol. The number of rotatable bonds is 2. The van der Waals surface area contributed by atoms with Crippen molar-refractivity contribution < 1.29 is 19.1 Å². The van der Waals surface area contributed by atoms with Gasteiger partial charge in [-0.05, 0) is 26.2 Å². The van der Waals surface area contributed by atoms with Gasteiger partial charge < -0.3 is 9.47 Å². The van der Waals surface area contributed by atoms with Crippen LogP contribution in [-0.4, -0.2) is 26.2 Å². The second-order valence-electron chi connectivity index (χ2n) is 4.37. The second kappa shape index (κ2) is 4.64. The third-order valence-electron chi connectivity index (χ3n) is 3.19. The molecular formula is C11H18O4. The van der Waals surface area contributed by atoms with E-state index in [4.69, 9.17) is 9.47 Å². The summed E-state index contributed by atoms with van der Waals surface area (Å²) in [6.07, 6.45) is 2.99. The lowest BCUT2D eigenvalue weighted by molar-refractivity contribution is -0.158. The van der Waals surface area contributed by atoms with Crippen LogP contribution in [0.25, 0.3) is 0 Å². The summed E-state index contributed by atoms with van der Waals surface area (Å²) < 4.78 is 9.47. The highest BCUT2D eigenvalue weighted by Gasteiger charge is 2.42. The zero-order valence-corrected chi connectivity index (χ0v) is 9.54. The number of hydrogen-bond acceptors (Lipinski definition) is 4. The summed E-state index contributed by atoms with van der Waals surface area (Å²) >= 11 is 0. The van der Waals surface area contributed by atoms with Gasteiger partial charge in [0.05, 0.1) is 25.6 Å². The van der Waals surface area contributed by atoms with Gasteiger partial charge in [-0.15, -0.1) is 0 Å². The van der Waals surface area contributed by atoms with Crippen molar-refractivity contribution in [1.29, 1.82) is 0 Å². The molecule has 0 spiro atoms. The van der Waals surface area contributed by atoms with Crippen molar-refractivity contribution in [3.8, 4) is 0 Å². The minimum Gasteiger partial charge on any atom is -0.469 e. The quantitative estimate of drug-likeness (QED) is 0.654. The van der Waals surface area contributed by atoms with E-state index in [-0.39, 0.29) is 17.9 Å². The van der Waals surface area contributed by atoms with Crippen LogP contribution in [-0.2, 0) is 19.1 Å². The van der Waals surface area contributed by atoms with Gasteiger partial charge in [0, 0.05) is 0 Å². The van der Waals surface area contributed by atoms with Gasteiger partial charge >= 0.3 is 11.9 Å². The Morgan fingerprint density at radius 1 is 1.27 bits per heavy atom. The van der Waals surface area contributed by atoms with Crippen molar-refractivity contribution in [2.24, 2.45) is 11.3 Å². The van der Waals surface area contributed by atoms with Crippen molar-refractivity contribution in [1.82, 2.24) is 0 Å². The zero-order chi connectivity index (χ0) is 11.5. The maximum absolute atomic E-state index is 11.6. The molecule has 0 bridgehead atoms. The summed E-state index contributed by atoms with van der Waals surface area (Å²) in [5.74, 6) is -0.603. The van der Waals surface area contributed by atoms with Crippen LogP contribution in [0.3, 0.4) is 0 Å². The Morgan fingerprint density at radius 2 is 1.93 bits per heavy atom. The smallest absolute Gasteiger partial charge is 0.311 e. The largest absolute Gasteiger partial charge is 0.469 e. The van der Waals surface area contributed by atoms with Gasteiger partial charge in [0.25, 0.3) is 0 Å². The van der Waals surface area contributed by atoms with E-state index >= 15 is 0 Å². The Kier molecular flexibility index (Phi) is 3.72. The van der Waals surface area contributed by atoms with Gasteiger partial charge in [-0.1, -0.05) is 6.42 Å². The van der Waals surface area contributed by atoms with E-state index in [1.807, 2.05) is 6.92 Å². The first-order chi connectivity index (χ1) is 7.03. The SMILES string of the molecule is COC(=O)[C@H]1CCC[C@@](C)(C(=O)OC)C1. The maximum atomic E-state index is 11.6. The van der Waals surface area contributed by atoms with Crippen molar-refractivity contribution in [2.75, 3.05) is 14.2 Å². The van der Waals surface area contributed by atoms with Crippen LogP contribution in [0.5, 0.6) is 0 Å². The van der Waals surface area contributed by atoms with Crippen molar-refractivity contribution in [2.45, 2.75) is 32.6 Å².